The van der Waals surface area contributed by atoms with Gasteiger partial charge in [0.2, 0.25) is 0 Å². The summed E-state index contributed by atoms with van der Waals surface area (Å²) in [5.74, 6) is -0.865. The number of carbonyl (C=O) groups is 1. The van der Waals surface area contributed by atoms with E-state index in [4.69, 9.17) is 5.11 Å². The lowest BCUT2D eigenvalue weighted by Crippen LogP contribution is -2.38. The van der Waals surface area contributed by atoms with E-state index in [9.17, 15) is 4.79 Å². The number of hydrazine groups is 2. The van der Waals surface area contributed by atoms with Gasteiger partial charge in [0.15, 0.2) is 0 Å². The molecule has 0 radical (unpaired) electrons. The van der Waals surface area contributed by atoms with Crippen molar-refractivity contribution < 1.29 is 9.90 Å². The van der Waals surface area contributed by atoms with Crippen molar-refractivity contribution >= 4 is 5.97 Å². The van der Waals surface area contributed by atoms with Crippen molar-refractivity contribution in [1.82, 2.24) is 16.0 Å². The molecule has 0 aromatic rings. The van der Waals surface area contributed by atoms with Crippen molar-refractivity contribution in [2.75, 3.05) is 6.54 Å². The van der Waals surface area contributed by atoms with Crippen LogP contribution in [0, 0.1) is 0 Å². The van der Waals surface area contributed by atoms with Crippen LogP contribution in [-0.4, -0.2) is 22.6 Å². The lowest BCUT2D eigenvalue weighted by molar-refractivity contribution is -0.138. The fourth-order valence-corrected chi connectivity index (χ4v) is 0.523. The summed E-state index contributed by atoms with van der Waals surface area (Å²) in [6, 6.07) is 0. The van der Waals surface area contributed by atoms with Crippen LogP contribution in [0.25, 0.3) is 0 Å². The van der Waals surface area contributed by atoms with Crippen LogP contribution in [0.2, 0.25) is 0 Å². The highest BCUT2D eigenvalue weighted by atomic mass is 16.4. The summed E-state index contributed by atoms with van der Waals surface area (Å²) >= 11 is 0. The Morgan fingerprint density at radius 2 is 2.56 bits per heavy atom. The van der Waals surface area contributed by atoms with Gasteiger partial charge in [-0.25, -0.2) is 0 Å². The van der Waals surface area contributed by atoms with Crippen LogP contribution in [0.3, 0.4) is 0 Å². The Morgan fingerprint density at radius 1 is 1.78 bits per heavy atom. The number of rotatable bonds is 2. The van der Waals surface area contributed by atoms with Crippen molar-refractivity contribution in [3.8, 4) is 0 Å². The number of aliphatic carboxylic acids is 1. The summed E-state index contributed by atoms with van der Waals surface area (Å²) in [7, 11) is 0. The molecular formula is C4H7N3O2. The largest absolute Gasteiger partial charge is 0.480 e. The van der Waals surface area contributed by atoms with Gasteiger partial charge in [-0.3, -0.25) is 9.80 Å². The Morgan fingerprint density at radius 3 is 3.00 bits per heavy atom. The quantitative estimate of drug-likeness (QED) is 0.440. The predicted octanol–water partition coefficient (Wildman–Crippen LogP) is -1.13. The second kappa shape index (κ2) is 2.36. The van der Waals surface area contributed by atoms with Gasteiger partial charge >= 0.3 is 5.97 Å². The summed E-state index contributed by atoms with van der Waals surface area (Å²) in [4.78, 5) is 10.0. The molecule has 50 valence electrons. The first-order chi connectivity index (χ1) is 4.29. The lowest BCUT2D eigenvalue weighted by atomic mass is 10.6. The third-order valence-electron chi connectivity index (χ3n) is 0.852. The maximum Gasteiger partial charge on any atom is 0.324 e. The molecule has 0 saturated carbocycles. The van der Waals surface area contributed by atoms with E-state index in [1.807, 2.05) is 0 Å². The summed E-state index contributed by atoms with van der Waals surface area (Å²) in [6.07, 6.45) is 3.22. The van der Waals surface area contributed by atoms with Crippen LogP contribution in [-0.2, 0) is 4.79 Å². The van der Waals surface area contributed by atoms with E-state index >= 15 is 0 Å². The zero-order chi connectivity index (χ0) is 6.69. The SMILES string of the molecule is O=C(O)CN1C=CNN1. The van der Waals surface area contributed by atoms with E-state index < -0.39 is 5.97 Å². The monoisotopic (exact) mass is 129 g/mol. The minimum Gasteiger partial charge on any atom is -0.480 e. The fraction of sp³-hybridized carbons (Fsp3) is 0.250. The first-order valence-corrected chi connectivity index (χ1v) is 2.45. The molecule has 0 atom stereocenters. The van der Waals surface area contributed by atoms with E-state index in [0.29, 0.717) is 0 Å². The van der Waals surface area contributed by atoms with E-state index in [1.54, 1.807) is 12.4 Å². The van der Waals surface area contributed by atoms with E-state index in [-0.39, 0.29) is 6.54 Å². The maximum atomic E-state index is 10.0. The van der Waals surface area contributed by atoms with Crippen molar-refractivity contribution in [3.63, 3.8) is 0 Å². The highest BCUT2D eigenvalue weighted by Gasteiger charge is 2.05. The number of nitrogens with one attached hydrogen (secondary N) is 2. The topological polar surface area (TPSA) is 64.6 Å². The van der Waals surface area contributed by atoms with Gasteiger partial charge < -0.3 is 10.5 Å². The Balaban J connectivity index is 2.28. The highest BCUT2D eigenvalue weighted by molar-refractivity contribution is 5.69. The Bertz CT molecular complexity index is 145. The molecule has 1 aliphatic heterocycles. The predicted molar refractivity (Wildman–Crippen MR) is 29.8 cm³/mol. The van der Waals surface area contributed by atoms with Crippen LogP contribution in [0.4, 0.5) is 0 Å². The molecule has 0 aromatic carbocycles. The maximum absolute atomic E-state index is 10.0. The Kier molecular flexibility index (Phi) is 1.55. The molecule has 0 bridgehead atoms. The number of hydrogen-bond donors (Lipinski definition) is 3. The molecule has 1 aliphatic rings. The zero-order valence-corrected chi connectivity index (χ0v) is 4.66. The molecule has 0 aromatic heterocycles. The molecule has 5 heteroatoms. The van der Waals surface area contributed by atoms with Crippen molar-refractivity contribution in [1.29, 1.82) is 0 Å². The molecule has 0 unspecified atom stereocenters. The minimum atomic E-state index is -0.865. The summed E-state index contributed by atoms with van der Waals surface area (Å²) in [5.41, 5.74) is 5.19. The minimum absolute atomic E-state index is 0.0382. The molecule has 0 saturated heterocycles. The molecule has 9 heavy (non-hydrogen) atoms. The summed E-state index contributed by atoms with van der Waals surface area (Å²) < 4.78 is 0. The third kappa shape index (κ3) is 1.61. The number of carboxylic acids is 1. The molecule has 5 nitrogen and oxygen atoms in total. The van der Waals surface area contributed by atoms with Gasteiger partial charge in [0.05, 0.1) is 0 Å². The second-order valence-electron chi connectivity index (χ2n) is 1.59. The van der Waals surface area contributed by atoms with Gasteiger partial charge in [0.1, 0.15) is 6.54 Å². The van der Waals surface area contributed by atoms with Gasteiger partial charge in [-0.15, -0.1) is 5.53 Å². The Labute approximate surface area is 51.9 Å². The average Bonchev–Trinajstić information content (AvgIpc) is 2.15. The van der Waals surface area contributed by atoms with E-state index in [0.717, 1.165) is 0 Å². The van der Waals surface area contributed by atoms with E-state index in [2.05, 4.69) is 11.0 Å². The summed E-state index contributed by atoms with van der Waals surface area (Å²) in [5, 5.41) is 9.65. The molecule has 3 N–H and O–H groups in total. The third-order valence-corrected chi connectivity index (χ3v) is 0.852. The number of carboxylic acid groups (broad SMARTS) is 1. The highest BCUT2D eigenvalue weighted by Crippen LogP contribution is 1.86. The van der Waals surface area contributed by atoms with E-state index in [1.165, 1.54) is 5.01 Å². The van der Waals surface area contributed by atoms with Gasteiger partial charge in [-0.1, -0.05) is 0 Å². The normalized spacial score (nSPS) is 15.8. The molecule has 0 aliphatic carbocycles. The molecule has 1 heterocycles. The van der Waals surface area contributed by atoms with Gasteiger partial charge in [-0.05, 0) is 0 Å². The van der Waals surface area contributed by atoms with Crippen molar-refractivity contribution in [2.45, 2.75) is 0 Å². The first-order valence-electron chi connectivity index (χ1n) is 2.45. The van der Waals surface area contributed by atoms with Crippen molar-refractivity contribution in [3.05, 3.63) is 12.4 Å². The van der Waals surface area contributed by atoms with Crippen LogP contribution < -0.4 is 11.0 Å². The molecule has 0 spiro atoms. The van der Waals surface area contributed by atoms with Crippen molar-refractivity contribution in [2.24, 2.45) is 0 Å². The van der Waals surface area contributed by atoms with Crippen LogP contribution in [0.1, 0.15) is 0 Å². The molecule has 0 fully saturated rings. The summed E-state index contributed by atoms with van der Waals surface area (Å²) in [6.45, 7) is -0.0382. The lowest BCUT2D eigenvalue weighted by Gasteiger charge is -2.10. The fourth-order valence-electron chi connectivity index (χ4n) is 0.523. The standard InChI is InChI=1S/C4H7N3O2/c8-4(9)3-7-2-1-5-6-7/h1-2,5-6H,3H2,(H,8,9). The average molecular weight is 129 g/mol. The molecule has 1 rings (SSSR count). The number of hydrogen-bond acceptors (Lipinski definition) is 4. The molecule has 0 amide bonds. The smallest absolute Gasteiger partial charge is 0.324 e. The second-order valence-corrected chi connectivity index (χ2v) is 1.59. The van der Waals surface area contributed by atoms with Crippen LogP contribution in [0.5, 0.6) is 0 Å². The Hall–Kier alpha value is -1.23. The zero-order valence-electron chi connectivity index (χ0n) is 4.66. The van der Waals surface area contributed by atoms with Gasteiger partial charge in [-0.2, -0.15) is 0 Å². The number of nitrogens with zero attached hydrogens (tertiary/aromatic N) is 1. The first kappa shape index (κ1) is 5.90. The molecular weight excluding hydrogens is 122 g/mol. The van der Waals surface area contributed by atoms with Gasteiger partial charge in [0, 0.05) is 12.4 Å². The van der Waals surface area contributed by atoms with Gasteiger partial charge in [0.25, 0.3) is 0 Å². The van der Waals surface area contributed by atoms with Crippen LogP contribution >= 0.6 is 0 Å². The van der Waals surface area contributed by atoms with Crippen LogP contribution in [0.15, 0.2) is 12.4 Å².